The largest absolute Gasteiger partial charge is 0.496 e. The third-order valence-corrected chi connectivity index (χ3v) is 5.11. The van der Waals surface area contributed by atoms with E-state index < -0.39 is 40.7 Å². The lowest BCUT2D eigenvalue weighted by Gasteiger charge is -2.22. The molecule has 0 radical (unpaired) electrons. The topological polar surface area (TPSA) is 45.1 Å². The van der Waals surface area contributed by atoms with E-state index in [1.54, 1.807) is 12.1 Å². The molecule has 5 nitrogen and oxygen atoms in total. The number of anilines is 2. The summed E-state index contributed by atoms with van der Waals surface area (Å²) in [6.45, 7) is 6.91. The number of hydrogen-bond donors (Lipinski definition) is 0. The maximum Gasteiger partial charge on any atom is 0.280 e. The molecule has 2 aromatic carbocycles. The van der Waals surface area contributed by atoms with E-state index in [0.717, 1.165) is 18.8 Å². The van der Waals surface area contributed by atoms with Crippen molar-refractivity contribution in [3.05, 3.63) is 58.4 Å². The molecule has 0 bridgehead atoms. The highest BCUT2D eigenvalue weighted by molar-refractivity contribution is 6.32. The molecule has 1 aliphatic rings. The summed E-state index contributed by atoms with van der Waals surface area (Å²) in [5.41, 5.74) is -0.115. The van der Waals surface area contributed by atoms with E-state index in [0.29, 0.717) is 11.3 Å². The lowest BCUT2D eigenvalue weighted by molar-refractivity contribution is -0.114. The van der Waals surface area contributed by atoms with Gasteiger partial charge in [0.2, 0.25) is 5.82 Å². The van der Waals surface area contributed by atoms with Crippen molar-refractivity contribution in [2.75, 3.05) is 30.1 Å². The average Bonchev–Trinajstić information content (AvgIpc) is 3.06. The van der Waals surface area contributed by atoms with Crippen LogP contribution in [0.5, 0.6) is 5.75 Å². The van der Waals surface area contributed by atoms with Gasteiger partial charge in [0.1, 0.15) is 11.4 Å². The monoisotopic (exact) mass is 453 g/mol. The number of rotatable bonds is 6. The highest BCUT2D eigenvalue weighted by atomic mass is 19.2. The highest BCUT2D eigenvalue weighted by Crippen LogP contribution is 2.35. The first kappa shape index (κ1) is 23.2. The van der Waals surface area contributed by atoms with E-state index >= 15 is 0 Å². The number of hydrazone groups is 1. The Morgan fingerprint density at radius 2 is 1.56 bits per heavy atom. The van der Waals surface area contributed by atoms with Crippen molar-refractivity contribution in [2.45, 2.75) is 20.8 Å². The molecule has 2 aromatic rings. The van der Waals surface area contributed by atoms with Crippen molar-refractivity contribution in [3.8, 4) is 5.75 Å². The molecular weight excluding hydrogens is 433 g/mol. The van der Waals surface area contributed by atoms with Crippen molar-refractivity contribution >= 4 is 29.1 Å². The third-order valence-electron chi connectivity index (χ3n) is 5.11. The van der Waals surface area contributed by atoms with Crippen LogP contribution in [-0.4, -0.2) is 31.8 Å². The second-order valence-corrected chi connectivity index (χ2v) is 6.88. The van der Waals surface area contributed by atoms with Gasteiger partial charge < -0.3 is 9.64 Å². The molecule has 0 aromatic heterocycles. The molecule has 0 unspecified atom stereocenters. The summed E-state index contributed by atoms with van der Waals surface area (Å²) in [5.74, 6) is -11.5. The zero-order valence-corrected chi connectivity index (χ0v) is 17.8. The molecule has 0 spiro atoms. The molecule has 0 N–H and O–H groups in total. The Kier molecular flexibility index (Phi) is 6.52. The molecule has 170 valence electrons. The zero-order chi connectivity index (χ0) is 23.7. The van der Waals surface area contributed by atoms with Gasteiger partial charge in [0.15, 0.2) is 23.3 Å². The number of benzene rings is 2. The van der Waals surface area contributed by atoms with Crippen LogP contribution in [0, 0.1) is 29.1 Å². The van der Waals surface area contributed by atoms with Gasteiger partial charge in [0.05, 0.1) is 18.4 Å². The van der Waals surface area contributed by atoms with Crippen molar-refractivity contribution < 1.29 is 31.5 Å². The van der Waals surface area contributed by atoms with Crippen LogP contribution in [0.15, 0.2) is 28.9 Å². The minimum absolute atomic E-state index is 0.0359. The van der Waals surface area contributed by atoms with Crippen LogP contribution in [0.3, 0.4) is 0 Å². The molecule has 32 heavy (non-hydrogen) atoms. The summed E-state index contributed by atoms with van der Waals surface area (Å²) in [6, 6.07) is 5.28. The Morgan fingerprint density at radius 3 is 2.09 bits per heavy atom. The number of carbonyl (C=O) groups excluding carboxylic acids is 1. The summed E-state index contributed by atoms with van der Waals surface area (Å²) < 4.78 is 74.3. The van der Waals surface area contributed by atoms with Crippen LogP contribution >= 0.6 is 0 Å². The number of hydrogen-bond acceptors (Lipinski definition) is 4. The summed E-state index contributed by atoms with van der Waals surface area (Å²) in [7, 11) is 1.45. The van der Waals surface area contributed by atoms with Gasteiger partial charge in [-0.3, -0.25) is 4.79 Å². The van der Waals surface area contributed by atoms with Crippen LogP contribution < -0.4 is 14.6 Å². The molecule has 0 fully saturated rings. The minimum atomic E-state index is -2.31. The molecule has 0 saturated carbocycles. The Bertz CT molecular complexity index is 1110. The fourth-order valence-corrected chi connectivity index (χ4v) is 3.38. The Labute approximate surface area is 181 Å². The molecule has 1 amide bonds. The fourth-order valence-electron chi connectivity index (χ4n) is 3.38. The van der Waals surface area contributed by atoms with Crippen LogP contribution in [-0.2, 0) is 4.79 Å². The number of ether oxygens (including phenoxy) is 1. The first-order valence-corrected chi connectivity index (χ1v) is 9.72. The minimum Gasteiger partial charge on any atom is -0.496 e. The molecule has 0 aliphatic carbocycles. The summed E-state index contributed by atoms with van der Waals surface area (Å²) in [6.07, 6.45) is 1.39. The van der Waals surface area contributed by atoms with Crippen LogP contribution in [0.25, 0.3) is 6.08 Å². The van der Waals surface area contributed by atoms with Crippen LogP contribution in [0.2, 0.25) is 0 Å². The fraction of sp³-hybridized carbons (Fsp3) is 0.273. The van der Waals surface area contributed by atoms with E-state index in [9.17, 15) is 26.7 Å². The number of halogens is 5. The molecule has 1 heterocycles. The summed E-state index contributed by atoms with van der Waals surface area (Å²) >= 11 is 0. The number of carbonyl (C=O) groups is 1. The standard InChI is InChI=1S/C22H20F5N3O2/c1-5-29(6-2)13-8-7-12(15(10-13)32-4)9-14-11(3)28-30(22(14)31)21-19(26)17(24)16(23)18(25)20(21)27/h7-10H,5-6H2,1-4H3/b14-9+. The highest BCUT2D eigenvalue weighted by Gasteiger charge is 2.37. The van der Waals surface area contributed by atoms with Gasteiger partial charge in [0.25, 0.3) is 5.91 Å². The van der Waals surface area contributed by atoms with E-state index in [1.807, 2.05) is 19.9 Å². The molecule has 0 atom stereocenters. The van der Waals surface area contributed by atoms with Gasteiger partial charge in [-0.1, -0.05) is 0 Å². The maximum absolute atomic E-state index is 14.2. The van der Waals surface area contributed by atoms with E-state index in [4.69, 9.17) is 4.74 Å². The van der Waals surface area contributed by atoms with Crippen molar-refractivity contribution in [3.63, 3.8) is 0 Å². The number of amides is 1. The van der Waals surface area contributed by atoms with Gasteiger partial charge in [-0.05, 0) is 39.0 Å². The normalized spacial score (nSPS) is 14.9. The van der Waals surface area contributed by atoms with Crippen LogP contribution in [0.4, 0.5) is 33.3 Å². The summed E-state index contributed by atoms with van der Waals surface area (Å²) in [4.78, 5) is 14.9. The van der Waals surface area contributed by atoms with Crippen molar-refractivity contribution in [2.24, 2.45) is 5.10 Å². The third kappa shape index (κ3) is 3.80. The molecular formula is C22H20F5N3O2. The Hall–Kier alpha value is -3.43. The molecule has 3 rings (SSSR count). The summed E-state index contributed by atoms with van der Waals surface area (Å²) in [5, 5.41) is 3.90. The zero-order valence-electron chi connectivity index (χ0n) is 17.8. The molecule has 1 aliphatic heterocycles. The molecule has 0 saturated heterocycles. The first-order valence-electron chi connectivity index (χ1n) is 9.72. The average molecular weight is 453 g/mol. The second-order valence-electron chi connectivity index (χ2n) is 6.88. The Morgan fingerprint density at radius 1 is 1.00 bits per heavy atom. The lowest BCUT2D eigenvalue weighted by Crippen LogP contribution is -2.25. The Balaban J connectivity index is 2.05. The first-order chi connectivity index (χ1) is 15.2. The smallest absolute Gasteiger partial charge is 0.280 e. The van der Waals surface area contributed by atoms with Gasteiger partial charge >= 0.3 is 0 Å². The van der Waals surface area contributed by atoms with Gasteiger partial charge in [0, 0.05) is 30.4 Å². The predicted molar refractivity (Wildman–Crippen MR) is 111 cm³/mol. The second kappa shape index (κ2) is 8.97. The quantitative estimate of drug-likeness (QED) is 0.266. The van der Waals surface area contributed by atoms with Gasteiger partial charge in [-0.15, -0.1) is 0 Å². The van der Waals surface area contributed by atoms with Crippen molar-refractivity contribution in [1.29, 1.82) is 0 Å². The predicted octanol–water partition coefficient (Wildman–Crippen LogP) is 5.04. The van der Waals surface area contributed by atoms with Crippen molar-refractivity contribution in [1.82, 2.24) is 0 Å². The number of nitrogens with zero attached hydrogens (tertiary/aromatic N) is 3. The van der Waals surface area contributed by atoms with E-state index in [-0.39, 0.29) is 16.3 Å². The van der Waals surface area contributed by atoms with E-state index in [2.05, 4.69) is 10.0 Å². The van der Waals surface area contributed by atoms with Gasteiger partial charge in [-0.2, -0.15) is 10.1 Å². The lowest BCUT2D eigenvalue weighted by atomic mass is 10.1. The maximum atomic E-state index is 14.2. The molecule has 10 heteroatoms. The number of methoxy groups -OCH3 is 1. The SMILES string of the molecule is CCN(CC)c1ccc(/C=C2/C(=O)N(c3c(F)c(F)c(F)c(F)c3F)N=C2C)c(OC)c1. The van der Waals surface area contributed by atoms with Crippen LogP contribution in [0.1, 0.15) is 26.3 Å². The van der Waals surface area contributed by atoms with Gasteiger partial charge in [-0.25, -0.2) is 22.0 Å². The van der Waals surface area contributed by atoms with E-state index in [1.165, 1.54) is 20.1 Å².